The molecule has 1 atom stereocenters. The van der Waals surface area contributed by atoms with Crippen LogP contribution in [0.2, 0.25) is 0 Å². The molecule has 2 aromatic carbocycles. The Balaban J connectivity index is 1.65. The van der Waals surface area contributed by atoms with Crippen LogP contribution >= 0.6 is 0 Å². The molecule has 0 radical (unpaired) electrons. The number of carbonyl (C=O) groups excluding carboxylic acids is 1. The molecule has 0 fully saturated rings. The monoisotopic (exact) mass is 339 g/mol. The number of ether oxygens (including phenoxy) is 1. The highest BCUT2D eigenvalue weighted by molar-refractivity contribution is 5.94. The maximum Gasteiger partial charge on any atom is 0.251 e. The number of nitrogens with one attached hydrogen (secondary N) is 1. The second-order valence-corrected chi connectivity index (χ2v) is 5.80. The van der Waals surface area contributed by atoms with Crippen LogP contribution in [0.15, 0.2) is 54.9 Å². The zero-order chi connectivity index (χ0) is 17.6. The lowest BCUT2D eigenvalue weighted by Crippen LogP contribution is -2.28. The molecule has 1 heterocycles. The van der Waals surface area contributed by atoms with Gasteiger partial charge in [-0.2, -0.15) is 0 Å². The lowest BCUT2D eigenvalue weighted by atomic mass is 10.2. The van der Waals surface area contributed by atoms with Gasteiger partial charge in [0, 0.05) is 24.9 Å². The molecule has 0 bridgehead atoms. The van der Waals surface area contributed by atoms with E-state index in [1.165, 1.54) is 7.11 Å². The van der Waals surface area contributed by atoms with Gasteiger partial charge in [0.05, 0.1) is 23.7 Å². The molecule has 2 N–H and O–H groups in total. The normalized spacial score (nSPS) is 12.2. The van der Waals surface area contributed by atoms with Gasteiger partial charge in [-0.25, -0.2) is 4.98 Å². The number of para-hydroxylation sites is 2. The quantitative estimate of drug-likeness (QED) is 0.691. The number of hydrogen-bond acceptors (Lipinski definition) is 4. The van der Waals surface area contributed by atoms with Crippen LogP contribution in [0.4, 0.5) is 0 Å². The van der Waals surface area contributed by atoms with Crippen LogP contribution in [0.25, 0.3) is 16.7 Å². The topological polar surface area (TPSA) is 76.4 Å². The van der Waals surface area contributed by atoms with Gasteiger partial charge in [-0.05, 0) is 42.8 Å². The van der Waals surface area contributed by atoms with Crippen LogP contribution < -0.4 is 5.32 Å². The van der Waals surface area contributed by atoms with E-state index < -0.39 is 6.10 Å². The van der Waals surface area contributed by atoms with Crippen molar-refractivity contribution in [1.82, 2.24) is 14.9 Å². The van der Waals surface area contributed by atoms with Gasteiger partial charge in [0.25, 0.3) is 5.91 Å². The lowest BCUT2D eigenvalue weighted by Gasteiger charge is -2.10. The number of amides is 1. The first kappa shape index (κ1) is 17.1. The number of imidazole rings is 1. The number of aromatic nitrogens is 2. The Morgan fingerprint density at radius 3 is 2.76 bits per heavy atom. The third-order valence-electron chi connectivity index (χ3n) is 3.98. The number of rotatable bonds is 7. The van der Waals surface area contributed by atoms with Crippen molar-refractivity contribution >= 4 is 16.9 Å². The first-order valence-corrected chi connectivity index (χ1v) is 8.17. The van der Waals surface area contributed by atoms with Gasteiger partial charge in [0.15, 0.2) is 0 Å². The molecule has 25 heavy (non-hydrogen) atoms. The molecule has 0 aliphatic carbocycles. The average molecular weight is 339 g/mol. The molecule has 1 unspecified atom stereocenters. The van der Waals surface area contributed by atoms with Crippen molar-refractivity contribution in [3.8, 4) is 5.69 Å². The van der Waals surface area contributed by atoms with Crippen LogP contribution in [0, 0.1) is 0 Å². The van der Waals surface area contributed by atoms with Gasteiger partial charge in [-0.1, -0.05) is 12.1 Å². The fourth-order valence-corrected chi connectivity index (χ4v) is 2.67. The second-order valence-electron chi connectivity index (χ2n) is 5.80. The standard InChI is InChI=1S/C19H21N3O3/c1-25-12-16(23)10-11-20-19(24)14-6-8-15(9-7-14)22-13-21-17-4-2-3-5-18(17)22/h2-9,13,16,23H,10-12H2,1H3,(H,20,24). The van der Waals surface area contributed by atoms with Gasteiger partial charge in [-0.3, -0.25) is 9.36 Å². The number of fused-ring (bicyclic) bond motifs is 1. The van der Waals surface area contributed by atoms with E-state index in [0.717, 1.165) is 16.7 Å². The molecule has 0 saturated carbocycles. The minimum absolute atomic E-state index is 0.161. The summed E-state index contributed by atoms with van der Waals surface area (Å²) in [5, 5.41) is 12.4. The first-order chi connectivity index (χ1) is 12.2. The molecule has 6 nitrogen and oxygen atoms in total. The van der Waals surface area contributed by atoms with E-state index in [1.807, 2.05) is 41.0 Å². The van der Waals surface area contributed by atoms with Crippen molar-refractivity contribution in [1.29, 1.82) is 0 Å². The number of aliphatic hydroxyl groups excluding tert-OH is 1. The zero-order valence-corrected chi connectivity index (χ0v) is 14.1. The summed E-state index contributed by atoms with van der Waals surface area (Å²) in [6.07, 6.45) is 1.66. The van der Waals surface area contributed by atoms with Crippen LogP contribution in [0.5, 0.6) is 0 Å². The lowest BCUT2D eigenvalue weighted by molar-refractivity contribution is 0.0587. The highest BCUT2D eigenvalue weighted by atomic mass is 16.5. The van der Waals surface area contributed by atoms with Crippen molar-refractivity contribution in [2.24, 2.45) is 0 Å². The molecular weight excluding hydrogens is 318 g/mol. The largest absolute Gasteiger partial charge is 0.391 e. The number of carbonyl (C=O) groups is 1. The van der Waals surface area contributed by atoms with E-state index in [-0.39, 0.29) is 12.5 Å². The molecule has 3 aromatic rings. The smallest absolute Gasteiger partial charge is 0.251 e. The van der Waals surface area contributed by atoms with Gasteiger partial charge >= 0.3 is 0 Å². The molecule has 130 valence electrons. The van der Waals surface area contributed by atoms with E-state index in [1.54, 1.807) is 18.5 Å². The summed E-state index contributed by atoms with van der Waals surface area (Å²) >= 11 is 0. The predicted octanol–water partition coefficient (Wildman–Crippen LogP) is 2.15. The molecular formula is C19H21N3O3. The zero-order valence-electron chi connectivity index (χ0n) is 14.1. The van der Waals surface area contributed by atoms with Crippen molar-refractivity contribution < 1.29 is 14.6 Å². The van der Waals surface area contributed by atoms with E-state index in [2.05, 4.69) is 10.3 Å². The summed E-state index contributed by atoms with van der Waals surface area (Å²) in [5.74, 6) is -0.161. The summed E-state index contributed by atoms with van der Waals surface area (Å²) in [5.41, 5.74) is 3.47. The Bertz CT molecular complexity index is 843. The number of benzene rings is 2. The van der Waals surface area contributed by atoms with Crippen LogP contribution in [0.1, 0.15) is 16.8 Å². The molecule has 0 spiro atoms. The highest BCUT2D eigenvalue weighted by Gasteiger charge is 2.09. The minimum atomic E-state index is -0.567. The van der Waals surface area contributed by atoms with Crippen molar-refractivity contribution in [3.63, 3.8) is 0 Å². The maximum absolute atomic E-state index is 12.2. The first-order valence-electron chi connectivity index (χ1n) is 8.17. The van der Waals surface area contributed by atoms with E-state index in [4.69, 9.17) is 4.74 Å². The molecule has 6 heteroatoms. The van der Waals surface area contributed by atoms with E-state index in [0.29, 0.717) is 18.5 Å². The van der Waals surface area contributed by atoms with E-state index >= 15 is 0 Å². The average Bonchev–Trinajstić information content (AvgIpc) is 3.06. The minimum Gasteiger partial charge on any atom is -0.391 e. The highest BCUT2D eigenvalue weighted by Crippen LogP contribution is 2.18. The Morgan fingerprint density at radius 1 is 1.24 bits per heavy atom. The fraction of sp³-hybridized carbons (Fsp3) is 0.263. The van der Waals surface area contributed by atoms with Gasteiger partial charge in [-0.15, -0.1) is 0 Å². The summed E-state index contributed by atoms with van der Waals surface area (Å²) < 4.78 is 6.84. The van der Waals surface area contributed by atoms with Gasteiger partial charge in [0.1, 0.15) is 6.33 Å². The van der Waals surface area contributed by atoms with Crippen molar-refractivity contribution in [3.05, 3.63) is 60.4 Å². The molecule has 1 aromatic heterocycles. The third kappa shape index (κ3) is 4.04. The summed E-state index contributed by atoms with van der Waals surface area (Å²) in [4.78, 5) is 16.5. The van der Waals surface area contributed by atoms with Crippen LogP contribution in [0.3, 0.4) is 0 Å². The molecule has 0 aliphatic rings. The van der Waals surface area contributed by atoms with Crippen molar-refractivity contribution in [2.45, 2.75) is 12.5 Å². The van der Waals surface area contributed by atoms with E-state index in [9.17, 15) is 9.90 Å². The summed E-state index contributed by atoms with van der Waals surface area (Å²) in [7, 11) is 1.53. The molecule has 0 aliphatic heterocycles. The Morgan fingerprint density at radius 2 is 2.00 bits per heavy atom. The molecule has 3 rings (SSSR count). The van der Waals surface area contributed by atoms with Crippen LogP contribution in [-0.2, 0) is 4.74 Å². The van der Waals surface area contributed by atoms with Gasteiger partial charge < -0.3 is 15.2 Å². The SMILES string of the molecule is COCC(O)CCNC(=O)c1ccc(-n2cnc3ccccc32)cc1. The number of aliphatic hydroxyl groups is 1. The molecule has 0 saturated heterocycles. The summed E-state index contributed by atoms with van der Waals surface area (Å²) in [6.45, 7) is 0.667. The fourth-order valence-electron chi connectivity index (χ4n) is 2.67. The number of methoxy groups -OCH3 is 1. The Hall–Kier alpha value is -2.70. The Labute approximate surface area is 146 Å². The number of hydrogen-bond donors (Lipinski definition) is 2. The van der Waals surface area contributed by atoms with Crippen molar-refractivity contribution in [2.75, 3.05) is 20.3 Å². The van der Waals surface area contributed by atoms with Gasteiger partial charge in [0.2, 0.25) is 0 Å². The molecule has 1 amide bonds. The summed E-state index contributed by atoms with van der Waals surface area (Å²) in [6, 6.07) is 15.2. The third-order valence-corrected chi connectivity index (χ3v) is 3.98. The Kier molecular flexibility index (Phi) is 5.42. The van der Waals surface area contributed by atoms with Crippen LogP contribution in [-0.4, -0.2) is 46.9 Å². The maximum atomic E-state index is 12.2. The number of nitrogens with zero attached hydrogens (tertiary/aromatic N) is 2. The predicted molar refractivity (Wildman–Crippen MR) is 95.9 cm³/mol. The second kappa shape index (κ2) is 7.92.